The Morgan fingerprint density at radius 3 is 2.47 bits per heavy atom. The van der Waals surface area contributed by atoms with E-state index in [0.717, 1.165) is 48.3 Å². The van der Waals surface area contributed by atoms with Gasteiger partial charge in [-0.2, -0.15) is 0 Å². The van der Waals surface area contributed by atoms with Crippen LogP contribution >= 0.6 is 0 Å². The zero-order valence-electron chi connectivity index (χ0n) is 18.5. The Morgan fingerprint density at radius 2 is 1.94 bits per heavy atom. The van der Waals surface area contributed by atoms with E-state index in [1.165, 1.54) is 0 Å². The van der Waals surface area contributed by atoms with Crippen LogP contribution in [0.1, 0.15) is 56.4 Å². The van der Waals surface area contributed by atoms with Crippen molar-refractivity contribution in [1.82, 2.24) is 10.5 Å². The van der Waals surface area contributed by atoms with Gasteiger partial charge >= 0.3 is 0 Å². The van der Waals surface area contributed by atoms with E-state index in [1.807, 2.05) is 32.0 Å². The molecular weight excluding hydrogens is 418 g/mol. The summed E-state index contributed by atoms with van der Waals surface area (Å²) in [7, 11) is 0. The second kappa shape index (κ2) is 10.6. The molecule has 1 saturated carbocycles. The van der Waals surface area contributed by atoms with Gasteiger partial charge in [0.2, 0.25) is 18.2 Å². The first kappa shape index (κ1) is 23.7. The van der Waals surface area contributed by atoms with Crippen molar-refractivity contribution in [3.63, 3.8) is 0 Å². The van der Waals surface area contributed by atoms with Crippen molar-refractivity contribution in [2.45, 2.75) is 70.8 Å². The summed E-state index contributed by atoms with van der Waals surface area (Å²) in [6, 6.07) is 5.56. The van der Waals surface area contributed by atoms with Gasteiger partial charge in [-0.05, 0) is 57.2 Å². The van der Waals surface area contributed by atoms with Gasteiger partial charge in [-0.25, -0.2) is 8.78 Å². The van der Waals surface area contributed by atoms with Crippen LogP contribution in [0.25, 0.3) is 11.1 Å². The number of rotatable bonds is 5. The number of nitrogens with one attached hydrogen (secondary N) is 3. The lowest BCUT2D eigenvalue weighted by atomic mass is 9.92. The second-order valence-corrected chi connectivity index (χ2v) is 8.30. The maximum Gasteiger partial charge on any atom is 0.248 e. The van der Waals surface area contributed by atoms with E-state index in [-0.39, 0.29) is 24.8 Å². The highest BCUT2D eigenvalue weighted by Crippen LogP contribution is 2.37. The molecule has 7 nitrogen and oxygen atoms in total. The number of anilines is 2. The van der Waals surface area contributed by atoms with Crippen molar-refractivity contribution in [3.8, 4) is 11.1 Å². The normalized spacial score (nSPS) is 18.2. The van der Waals surface area contributed by atoms with Crippen LogP contribution in [0.5, 0.6) is 0 Å². The predicted molar refractivity (Wildman–Crippen MR) is 119 cm³/mol. The number of carbonyl (C=O) groups excluding carboxylic acids is 2. The molecule has 0 atom stereocenters. The maximum atomic E-state index is 13.3. The summed E-state index contributed by atoms with van der Waals surface area (Å²) in [6.07, 6.45) is 4.15. The lowest BCUT2D eigenvalue weighted by Gasteiger charge is -2.30. The van der Waals surface area contributed by atoms with Gasteiger partial charge in [-0.3, -0.25) is 9.59 Å². The molecule has 1 aromatic carbocycles. The minimum absolute atomic E-state index is 0.0308. The van der Waals surface area contributed by atoms with Crippen molar-refractivity contribution >= 4 is 23.7 Å². The predicted octanol–water partition coefficient (Wildman–Crippen LogP) is 4.80. The molecule has 2 heterocycles. The number of aromatic nitrogens is 1. The summed E-state index contributed by atoms with van der Waals surface area (Å²) in [5.41, 5.74) is 3.85. The van der Waals surface area contributed by atoms with Gasteiger partial charge in [0.05, 0.1) is 17.1 Å². The summed E-state index contributed by atoms with van der Waals surface area (Å²) in [4.78, 5) is 21.3. The van der Waals surface area contributed by atoms with Gasteiger partial charge in [0.15, 0.2) is 0 Å². The molecule has 0 bridgehead atoms. The quantitative estimate of drug-likeness (QED) is 0.571. The molecule has 1 saturated heterocycles. The minimum atomic E-state index is -2.56. The molecule has 0 radical (unpaired) electrons. The minimum Gasteiger partial charge on any atom is -0.381 e. The van der Waals surface area contributed by atoms with Gasteiger partial charge in [0.25, 0.3) is 0 Å². The smallest absolute Gasteiger partial charge is 0.248 e. The fourth-order valence-electron chi connectivity index (χ4n) is 4.03. The highest BCUT2D eigenvalue weighted by atomic mass is 19.3. The molecule has 174 valence electrons. The van der Waals surface area contributed by atoms with Crippen molar-refractivity contribution in [2.75, 3.05) is 17.2 Å². The first-order chi connectivity index (χ1) is 15.3. The van der Waals surface area contributed by atoms with Gasteiger partial charge in [-0.15, -0.1) is 0 Å². The average Bonchev–Trinajstić information content (AvgIpc) is 3.10. The summed E-state index contributed by atoms with van der Waals surface area (Å²) >= 11 is 0. The molecule has 0 unspecified atom stereocenters. The highest BCUT2D eigenvalue weighted by molar-refractivity contribution is 5.85. The second-order valence-electron chi connectivity index (χ2n) is 8.30. The van der Waals surface area contributed by atoms with E-state index in [0.29, 0.717) is 30.7 Å². The van der Waals surface area contributed by atoms with Gasteiger partial charge in [0, 0.05) is 37.4 Å². The van der Waals surface area contributed by atoms with Crippen molar-refractivity contribution in [1.29, 1.82) is 0 Å². The average molecular weight is 449 g/mol. The number of benzene rings is 1. The molecular formula is C23H30F2N4O3. The van der Waals surface area contributed by atoms with Crippen LogP contribution in [0.4, 0.5) is 20.2 Å². The number of amides is 2. The lowest BCUT2D eigenvalue weighted by Crippen LogP contribution is -2.32. The SMILES string of the molecule is Cc1noc(C)c1-c1ccc(NC2CCC(F)(F)CC2)c(NC=O)c1.O=C1CCCCN1. The Morgan fingerprint density at radius 1 is 1.19 bits per heavy atom. The Kier molecular flexibility index (Phi) is 7.82. The first-order valence-corrected chi connectivity index (χ1v) is 11.0. The van der Waals surface area contributed by atoms with Crippen molar-refractivity contribution in [2.24, 2.45) is 0 Å². The van der Waals surface area contributed by atoms with Crippen LogP contribution in [0, 0.1) is 13.8 Å². The van der Waals surface area contributed by atoms with Crippen LogP contribution in [0.2, 0.25) is 0 Å². The third kappa shape index (κ3) is 6.27. The van der Waals surface area contributed by atoms with Crippen LogP contribution < -0.4 is 16.0 Å². The van der Waals surface area contributed by atoms with Crippen molar-refractivity contribution in [3.05, 3.63) is 29.7 Å². The number of hydrogen-bond acceptors (Lipinski definition) is 5. The zero-order chi connectivity index (χ0) is 23.1. The zero-order valence-corrected chi connectivity index (χ0v) is 18.5. The van der Waals surface area contributed by atoms with Gasteiger partial charge < -0.3 is 20.5 Å². The third-order valence-electron chi connectivity index (χ3n) is 5.79. The molecule has 4 rings (SSSR count). The third-order valence-corrected chi connectivity index (χ3v) is 5.79. The molecule has 2 amide bonds. The fourth-order valence-corrected chi connectivity index (χ4v) is 4.03. The summed E-state index contributed by atoms with van der Waals surface area (Å²) in [5, 5.41) is 12.7. The molecule has 3 N–H and O–H groups in total. The van der Waals surface area contributed by atoms with Gasteiger partial charge in [-0.1, -0.05) is 11.2 Å². The molecule has 0 spiro atoms. The summed E-state index contributed by atoms with van der Waals surface area (Å²) in [6.45, 7) is 4.57. The van der Waals surface area contributed by atoms with E-state index in [1.54, 1.807) is 0 Å². The number of hydrogen-bond donors (Lipinski definition) is 3. The number of piperidine rings is 1. The number of halogens is 2. The first-order valence-electron chi connectivity index (χ1n) is 11.0. The summed E-state index contributed by atoms with van der Waals surface area (Å²) in [5.74, 6) is -1.65. The van der Waals surface area contributed by atoms with Crippen LogP contribution in [-0.2, 0) is 9.59 Å². The Bertz CT molecular complexity index is 908. The van der Waals surface area contributed by atoms with Crippen molar-refractivity contribution < 1.29 is 22.9 Å². The molecule has 2 aromatic rings. The van der Waals surface area contributed by atoms with E-state index in [4.69, 9.17) is 4.52 Å². The standard InChI is InChI=1S/C18H21F2N3O2.C5H9NO/c1-11-17(12(2)25-23-11)13-3-4-15(16(9-13)21-10-24)22-14-5-7-18(19,20)8-6-14;7-5-3-1-2-4-6-5/h3-4,9-10,14,22H,5-8H2,1-2H3,(H,21,24);1-4H2,(H,6,7). The molecule has 1 aliphatic carbocycles. The highest BCUT2D eigenvalue weighted by Gasteiger charge is 2.35. The molecule has 2 aliphatic rings. The van der Waals surface area contributed by atoms with E-state index >= 15 is 0 Å². The summed E-state index contributed by atoms with van der Waals surface area (Å²) < 4.78 is 31.8. The molecule has 2 fully saturated rings. The fraction of sp³-hybridized carbons (Fsp3) is 0.522. The number of carbonyl (C=O) groups is 2. The van der Waals surface area contributed by atoms with Gasteiger partial charge in [0.1, 0.15) is 5.76 Å². The molecule has 1 aromatic heterocycles. The lowest BCUT2D eigenvalue weighted by molar-refractivity contribution is -0.122. The van der Waals surface area contributed by atoms with Crippen LogP contribution in [0.15, 0.2) is 22.7 Å². The number of aryl methyl sites for hydroxylation is 2. The maximum absolute atomic E-state index is 13.3. The largest absolute Gasteiger partial charge is 0.381 e. The molecule has 32 heavy (non-hydrogen) atoms. The topological polar surface area (TPSA) is 96.3 Å². The van der Waals surface area contributed by atoms with E-state index in [9.17, 15) is 18.4 Å². The molecule has 1 aliphatic heterocycles. The van der Waals surface area contributed by atoms with E-state index in [2.05, 4.69) is 21.1 Å². The van der Waals surface area contributed by atoms with Crippen LogP contribution in [-0.4, -0.2) is 36.0 Å². The Labute approximate surface area is 186 Å². The molecule has 9 heteroatoms. The number of nitrogens with zero attached hydrogens (tertiary/aromatic N) is 1. The van der Waals surface area contributed by atoms with E-state index < -0.39 is 5.92 Å². The Balaban J connectivity index is 0.000000352. The number of alkyl halides is 2. The Hall–Kier alpha value is -2.97. The van der Waals surface area contributed by atoms with Crippen LogP contribution in [0.3, 0.4) is 0 Å². The monoisotopic (exact) mass is 448 g/mol.